The lowest BCUT2D eigenvalue weighted by atomic mass is 9.94. The molecule has 14 heavy (non-hydrogen) atoms. The van der Waals surface area contributed by atoms with Gasteiger partial charge in [0.1, 0.15) is 6.54 Å². The number of carbonyl (C=O) groups is 2. The highest BCUT2D eigenvalue weighted by Crippen LogP contribution is 2.18. The number of carboxylic acid groups (broad SMARTS) is 1. The van der Waals surface area contributed by atoms with Crippen molar-refractivity contribution in [2.45, 2.75) is 40.7 Å². The Kier molecular flexibility index (Phi) is 4.10. The van der Waals surface area contributed by atoms with Gasteiger partial charge in [0.05, 0.1) is 0 Å². The molecule has 0 aliphatic rings. The number of hydrogen-bond donors (Lipinski definition) is 1. The predicted molar refractivity (Wildman–Crippen MR) is 53.9 cm³/mol. The van der Waals surface area contributed by atoms with Crippen molar-refractivity contribution in [3.05, 3.63) is 0 Å². The molecule has 1 N–H and O–H groups in total. The first kappa shape index (κ1) is 12.9. The van der Waals surface area contributed by atoms with E-state index in [0.29, 0.717) is 0 Å². The molecule has 0 aromatic heterocycles. The summed E-state index contributed by atoms with van der Waals surface area (Å²) in [5, 5.41) is 8.65. The molecule has 0 aliphatic carbocycles. The van der Waals surface area contributed by atoms with E-state index < -0.39 is 11.4 Å². The summed E-state index contributed by atoms with van der Waals surface area (Å²) in [5.41, 5.74) is -0.528. The molecule has 0 atom stereocenters. The molecule has 4 nitrogen and oxygen atoms in total. The maximum absolute atomic E-state index is 11.8. The van der Waals surface area contributed by atoms with Gasteiger partial charge in [0.25, 0.3) is 0 Å². The van der Waals surface area contributed by atoms with Crippen LogP contribution in [0.2, 0.25) is 0 Å². The van der Waals surface area contributed by atoms with Crippen LogP contribution >= 0.6 is 0 Å². The van der Waals surface area contributed by atoms with Crippen molar-refractivity contribution < 1.29 is 14.7 Å². The Hall–Kier alpha value is -1.06. The predicted octanol–water partition coefficient (Wildman–Crippen LogP) is 1.35. The fourth-order valence-corrected chi connectivity index (χ4v) is 1.07. The second-order valence-corrected chi connectivity index (χ2v) is 4.67. The van der Waals surface area contributed by atoms with Gasteiger partial charge < -0.3 is 10.0 Å². The lowest BCUT2D eigenvalue weighted by Gasteiger charge is -2.31. The molecule has 0 radical (unpaired) electrons. The van der Waals surface area contributed by atoms with Crippen LogP contribution in [0.5, 0.6) is 0 Å². The second kappa shape index (κ2) is 4.44. The number of hydrogen-bond acceptors (Lipinski definition) is 2. The van der Waals surface area contributed by atoms with Crippen LogP contribution in [0, 0.1) is 5.41 Å². The van der Waals surface area contributed by atoms with E-state index in [4.69, 9.17) is 5.11 Å². The van der Waals surface area contributed by atoms with Gasteiger partial charge in [-0.3, -0.25) is 9.59 Å². The van der Waals surface area contributed by atoms with Crippen LogP contribution in [0.1, 0.15) is 34.6 Å². The van der Waals surface area contributed by atoms with Crippen LogP contribution < -0.4 is 0 Å². The Morgan fingerprint density at radius 1 is 1.29 bits per heavy atom. The number of rotatable bonds is 3. The SMILES string of the molecule is CC(C)N(CC(=O)O)C(=O)C(C)(C)C. The topological polar surface area (TPSA) is 57.6 Å². The summed E-state index contributed by atoms with van der Waals surface area (Å²) >= 11 is 0. The van der Waals surface area contributed by atoms with Gasteiger partial charge in [-0.1, -0.05) is 20.8 Å². The Balaban J connectivity index is 4.67. The summed E-state index contributed by atoms with van der Waals surface area (Å²) in [5.74, 6) is -1.11. The Morgan fingerprint density at radius 3 is 1.93 bits per heavy atom. The minimum Gasteiger partial charge on any atom is -0.480 e. The molecule has 0 unspecified atom stereocenters. The van der Waals surface area contributed by atoms with Gasteiger partial charge in [0, 0.05) is 11.5 Å². The third kappa shape index (κ3) is 3.77. The lowest BCUT2D eigenvalue weighted by molar-refractivity contribution is -0.150. The molecule has 0 aromatic carbocycles. The summed E-state index contributed by atoms with van der Waals surface area (Å²) in [6.45, 7) is 8.75. The molecule has 0 rings (SSSR count). The van der Waals surface area contributed by atoms with Crippen LogP contribution in [0.15, 0.2) is 0 Å². The zero-order valence-electron chi connectivity index (χ0n) is 9.50. The van der Waals surface area contributed by atoms with E-state index in [2.05, 4.69) is 0 Å². The van der Waals surface area contributed by atoms with Crippen LogP contribution in [0.4, 0.5) is 0 Å². The van der Waals surface area contributed by atoms with Crippen molar-refractivity contribution in [1.82, 2.24) is 4.90 Å². The van der Waals surface area contributed by atoms with E-state index in [1.165, 1.54) is 4.90 Å². The highest BCUT2D eigenvalue weighted by atomic mass is 16.4. The minimum absolute atomic E-state index is 0.0853. The Labute approximate surface area is 84.9 Å². The van der Waals surface area contributed by atoms with Gasteiger partial charge in [-0.25, -0.2) is 0 Å². The Bertz CT molecular complexity index is 228. The van der Waals surface area contributed by atoms with Gasteiger partial charge in [-0.05, 0) is 13.8 Å². The van der Waals surface area contributed by atoms with E-state index in [9.17, 15) is 9.59 Å². The maximum atomic E-state index is 11.8. The monoisotopic (exact) mass is 201 g/mol. The van der Waals surface area contributed by atoms with Gasteiger partial charge in [-0.15, -0.1) is 0 Å². The van der Waals surface area contributed by atoms with E-state index in [0.717, 1.165) is 0 Å². The number of amides is 1. The molecular weight excluding hydrogens is 182 g/mol. The minimum atomic E-state index is -0.976. The van der Waals surface area contributed by atoms with Crippen LogP contribution in [0.25, 0.3) is 0 Å². The van der Waals surface area contributed by atoms with E-state index >= 15 is 0 Å². The van der Waals surface area contributed by atoms with Crippen molar-refractivity contribution in [1.29, 1.82) is 0 Å². The number of aliphatic carboxylic acids is 1. The maximum Gasteiger partial charge on any atom is 0.323 e. The van der Waals surface area contributed by atoms with Gasteiger partial charge in [0.2, 0.25) is 5.91 Å². The second-order valence-electron chi connectivity index (χ2n) is 4.67. The lowest BCUT2D eigenvalue weighted by Crippen LogP contribution is -2.46. The summed E-state index contributed by atoms with van der Waals surface area (Å²) < 4.78 is 0. The molecule has 0 aliphatic heterocycles. The molecule has 4 heteroatoms. The number of nitrogens with zero attached hydrogens (tertiary/aromatic N) is 1. The standard InChI is InChI=1S/C10H19NO3/c1-7(2)11(6-8(12)13)9(14)10(3,4)5/h7H,6H2,1-5H3,(H,12,13). The fourth-order valence-electron chi connectivity index (χ4n) is 1.07. The molecule has 0 fully saturated rings. The molecule has 0 spiro atoms. The zero-order valence-corrected chi connectivity index (χ0v) is 9.50. The molecule has 0 saturated heterocycles. The van der Waals surface area contributed by atoms with Crippen LogP contribution in [-0.2, 0) is 9.59 Å². The third-order valence-corrected chi connectivity index (χ3v) is 1.83. The summed E-state index contributed by atoms with van der Waals surface area (Å²) in [6.07, 6.45) is 0. The highest BCUT2D eigenvalue weighted by molar-refractivity contribution is 5.85. The van der Waals surface area contributed by atoms with E-state index in [-0.39, 0.29) is 18.5 Å². The quantitative estimate of drug-likeness (QED) is 0.750. The van der Waals surface area contributed by atoms with Crippen molar-refractivity contribution >= 4 is 11.9 Å². The van der Waals surface area contributed by atoms with Gasteiger partial charge in [-0.2, -0.15) is 0 Å². The molecule has 0 aromatic rings. The van der Waals surface area contributed by atoms with Crippen molar-refractivity contribution in [2.75, 3.05) is 6.54 Å². The third-order valence-electron chi connectivity index (χ3n) is 1.83. The largest absolute Gasteiger partial charge is 0.480 e. The van der Waals surface area contributed by atoms with Crippen molar-refractivity contribution in [3.63, 3.8) is 0 Å². The van der Waals surface area contributed by atoms with Gasteiger partial charge >= 0.3 is 5.97 Å². The summed E-state index contributed by atoms with van der Waals surface area (Å²) in [6, 6.07) is -0.0853. The van der Waals surface area contributed by atoms with Gasteiger partial charge in [0.15, 0.2) is 0 Å². The average molecular weight is 201 g/mol. The average Bonchev–Trinajstić information content (AvgIpc) is 1.96. The molecule has 0 heterocycles. The first-order chi connectivity index (χ1) is 6.16. The molecule has 0 bridgehead atoms. The zero-order chi connectivity index (χ0) is 11.5. The first-order valence-corrected chi connectivity index (χ1v) is 4.69. The normalized spacial score (nSPS) is 11.6. The van der Waals surface area contributed by atoms with E-state index in [1.54, 1.807) is 20.8 Å². The van der Waals surface area contributed by atoms with Crippen LogP contribution in [-0.4, -0.2) is 34.5 Å². The number of carbonyl (C=O) groups excluding carboxylic acids is 1. The molecular formula is C10H19NO3. The fraction of sp³-hybridized carbons (Fsp3) is 0.800. The molecule has 1 amide bonds. The smallest absolute Gasteiger partial charge is 0.323 e. The van der Waals surface area contributed by atoms with E-state index in [1.807, 2.05) is 13.8 Å². The van der Waals surface area contributed by atoms with Crippen molar-refractivity contribution in [3.8, 4) is 0 Å². The highest BCUT2D eigenvalue weighted by Gasteiger charge is 2.29. The number of carboxylic acids is 1. The Morgan fingerprint density at radius 2 is 1.71 bits per heavy atom. The van der Waals surface area contributed by atoms with Crippen LogP contribution in [0.3, 0.4) is 0 Å². The van der Waals surface area contributed by atoms with Crippen molar-refractivity contribution in [2.24, 2.45) is 5.41 Å². The first-order valence-electron chi connectivity index (χ1n) is 4.69. The summed E-state index contributed by atoms with van der Waals surface area (Å²) in [4.78, 5) is 23.7. The molecule has 82 valence electrons. The molecule has 0 saturated carbocycles. The summed E-state index contributed by atoms with van der Waals surface area (Å²) in [7, 11) is 0.